The standard InChI is InChI=1S/C10H7BrF3N3O/c1-17-6-4-15-8(10(12,13)14)2-5(6)16-9(17)7(18)3-11/h2,4H,3H2,1H3. The second-order valence-electron chi connectivity index (χ2n) is 3.61. The van der Waals surface area contributed by atoms with Crippen molar-refractivity contribution in [3.63, 3.8) is 0 Å². The predicted octanol–water partition coefficient (Wildman–Crippen LogP) is 2.56. The number of aryl methyl sites for hydroxylation is 1. The molecule has 96 valence electrons. The van der Waals surface area contributed by atoms with E-state index in [0.29, 0.717) is 5.52 Å². The summed E-state index contributed by atoms with van der Waals surface area (Å²) in [5, 5.41) is 0.0592. The maximum Gasteiger partial charge on any atom is 0.433 e. The van der Waals surface area contributed by atoms with Crippen LogP contribution in [0.3, 0.4) is 0 Å². The molecule has 0 saturated carbocycles. The van der Waals surface area contributed by atoms with E-state index in [2.05, 4.69) is 25.9 Å². The minimum atomic E-state index is -4.52. The molecule has 2 heterocycles. The Kier molecular flexibility index (Phi) is 3.14. The van der Waals surface area contributed by atoms with Gasteiger partial charge in [0.15, 0.2) is 5.82 Å². The molecule has 0 aliphatic rings. The van der Waals surface area contributed by atoms with Crippen molar-refractivity contribution in [1.29, 1.82) is 0 Å². The number of Topliss-reactive ketones (excluding diaryl/α,β-unsaturated/α-hetero) is 1. The molecule has 0 radical (unpaired) electrons. The number of hydrogen-bond acceptors (Lipinski definition) is 3. The van der Waals surface area contributed by atoms with Crippen LogP contribution in [0, 0.1) is 0 Å². The van der Waals surface area contributed by atoms with E-state index >= 15 is 0 Å². The monoisotopic (exact) mass is 321 g/mol. The Hall–Kier alpha value is -1.44. The molecule has 2 aromatic rings. The Bertz CT molecular complexity index is 621. The summed E-state index contributed by atoms with van der Waals surface area (Å²) in [7, 11) is 1.56. The van der Waals surface area contributed by atoms with Crippen molar-refractivity contribution in [3.8, 4) is 0 Å². The summed E-state index contributed by atoms with van der Waals surface area (Å²) in [4.78, 5) is 18.7. The summed E-state index contributed by atoms with van der Waals surface area (Å²) < 4.78 is 38.9. The molecular formula is C10H7BrF3N3O. The van der Waals surface area contributed by atoms with Crippen LogP contribution in [0.1, 0.15) is 16.3 Å². The summed E-state index contributed by atoms with van der Waals surface area (Å²) >= 11 is 2.99. The lowest BCUT2D eigenvalue weighted by atomic mass is 10.3. The number of aromatic nitrogens is 3. The van der Waals surface area contributed by atoms with Crippen LogP contribution in [0.25, 0.3) is 11.0 Å². The molecule has 0 unspecified atom stereocenters. The summed E-state index contributed by atoms with van der Waals surface area (Å²) in [5.74, 6) is -0.203. The SMILES string of the molecule is Cn1c(C(=O)CBr)nc2cc(C(F)(F)F)ncc21. The van der Waals surface area contributed by atoms with Crippen molar-refractivity contribution in [2.75, 3.05) is 5.33 Å². The summed E-state index contributed by atoms with van der Waals surface area (Å²) in [6, 6.07) is 0.834. The van der Waals surface area contributed by atoms with E-state index in [1.807, 2.05) is 0 Å². The topological polar surface area (TPSA) is 47.8 Å². The Morgan fingerprint density at radius 1 is 1.50 bits per heavy atom. The highest BCUT2D eigenvalue weighted by Crippen LogP contribution is 2.29. The van der Waals surface area contributed by atoms with Crippen molar-refractivity contribution in [2.24, 2.45) is 7.05 Å². The highest BCUT2D eigenvalue weighted by atomic mass is 79.9. The third-order valence-electron chi connectivity index (χ3n) is 2.43. The number of hydrogen-bond donors (Lipinski definition) is 0. The molecular weight excluding hydrogens is 315 g/mol. The van der Waals surface area contributed by atoms with Crippen LogP contribution in [0.4, 0.5) is 13.2 Å². The van der Waals surface area contributed by atoms with Gasteiger partial charge in [-0.25, -0.2) is 9.97 Å². The van der Waals surface area contributed by atoms with Crippen molar-refractivity contribution in [1.82, 2.24) is 14.5 Å². The van der Waals surface area contributed by atoms with E-state index < -0.39 is 11.9 Å². The van der Waals surface area contributed by atoms with Gasteiger partial charge < -0.3 is 4.57 Å². The minimum Gasteiger partial charge on any atom is -0.323 e. The maximum atomic E-state index is 12.5. The molecule has 0 N–H and O–H groups in total. The fourth-order valence-electron chi connectivity index (χ4n) is 1.55. The van der Waals surface area contributed by atoms with E-state index in [4.69, 9.17) is 0 Å². The fourth-order valence-corrected chi connectivity index (χ4v) is 1.80. The number of pyridine rings is 1. The molecule has 2 rings (SSSR count). The number of carbonyl (C=O) groups is 1. The largest absolute Gasteiger partial charge is 0.433 e. The van der Waals surface area contributed by atoms with Gasteiger partial charge >= 0.3 is 6.18 Å². The molecule has 0 atom stereocenters. The smallest absolute Gasteiger partial charge is 0.323 e. The number of fused-ring (bicyclic) bond motifs is 1. The van der Waals surface area contributed by atoms with Gasteiger partial charge in [0.25, 0.3) is 0 Å². The van der Waals surface area contributed by atoms with Gasteiger partial charge in [0, 0.05) is 7.05 Å². The van der Waals surface area contributed by atoms with Crippen molar-refractivity contribution >= 4 is 32.7 Å². The van der Waals surface area contributed by atoms with Gasteiger partial charge in [0.2, 0.25) is 5.78 Å². The number of carbonyl (C=O) groups excluding carboxylic acids is 1. The molecule has 4 nitrogen and oxygen atoms in total. The number of nitrogens with zero attached hydrogens (tertiary/aromatic N) is 3. The molecule has 0 aromatic carbocycles. The van der Waals surface area contributed by atoms with Gasteiger partial charge in [-0.05, 0) is 6.07 Å². The molecule has 0 aliphatic carbocycles. The lowest BCUT2D eigenvalue weighted by molar-refractivity contribution is -0.141. The third kappa shape index (κ3) is 2.12. The van der Waals surface area contributed by atoms with E-state index in [1.54, 1.807) is 7.05 Å². The molecule has 0 aliphatic heterocycles. The number of halogens is 4. The van der Waals surface area contributed by atoms with E-state index in [1.165, 1.54) is 4.57 Å². The number of alkyl halides is 4. The Morgan fingerprint density at radius 3 is 2.72 bits per heavy atom. The fraction of sp³-hybridized carbons (Fsp3) is 0.300. The Balaban J connectivity index is 2.62. The van der Waals surface area contributed by atoms with Gasteiger partial charge in [-0.3, -0.25) is 4.79 Å². The van der Waals surface area contributed by atoms with Crippen molar-refractivity contribution < 1.29 is 18.0 Å². The first-order valence-electron chi connectivity index (χ1n) is 4.83. The van der Waals surface area contributed by atoms with Crippen molar-refractivity contribution in [3.05, 3.63) is 23.8 Å². The van der Waals surface area contributed by atoms with Crippen LogP contribution < -0.4 is 0 Å². The van der Waals surface area contributed by atoms with E-state index in [-0.39, 0.29) is 22.5 Å². The van der Waals surface area contributed by atoms with Crippen LogP contribution in [-0.4, -0.2) is 25.6 Å². The zero-order valence-electron chi connectivity index (χ0n) is 9.12. The summed E-state index contributed by atoms with van der Waals surface area (Å²) in [5.41, 5.74) is -0.539. The van der Waals surface area contributed by atoms with Crippen molar-refractivity contribution in [2.45, 2.75) is 6.18 Å². The van der Waals surface area contributed by atoms with Gasteiger partial charge in [-0.2, -0.15) is 13.2 Å². The predicted molar refractivity (Wildman–Crippen MR) is 61.6 cm³/mol. The molecule has 0 saturated heterocycles. The molecule has 0 spiro atoms. The molecule has 0 bridgehead atoms. The first-order valence-corrected chi connectivity index (χ1v) is 5.95. The molecule has 18 heavy (non-hydrogen) atoms. The molecule has 0 amide bonds. The second-order valence-corrected chi connectivity index (χ2v) is 4.17. The Morgan fingerprint density at radius 2 is 2.17 bits per heavy atom. The average molecular weight is 322 g/mol. The van der Waals surface area contributed by atoms with Crippen LogP contribution in [0.15, 0.2) is 12.3 Å². The van der Waals surface area contributed by atoms with Crippen LogP contribution in [-0.2, 0) is 13.2 Å². The summed E-state index contributed by atoms with van der Waals surface area (Å²) in [6.07, 6.45) is -3.46. The second kappa shape index (κ2) is 4.34. The summed E-state index contributed by atoms with van der Waals surface area (Å²) in [6.45, 7) is 0. The lowest BCUT2D eigenvalue weighted by Crippen LogP contribution is -2.08. The zero-order valence-corrected chi connectivity index (χ0v) is 10.7. The average Bonchev–Trinajstić information content (AvgIpc) is 2.64. The molecule has 8 heteroatoms. The number of ketones is 1. The van der Waals surface area contributed by atoms with E-state index in [0.717, 1.165) is 12.3 Å². The van der Waals surface area contributed by atoms with Gasteiger partial charge in [-0.1, -0.05) is 15.9 Å². The number of rotatable bonds is 2. The van der Waals surface area contributed by atoms with Gasteiger partial charge in [-0.15, -0.1) is 0 Å². The molecule has 0 fully saturated rings. The highest BCUT2D eigenvalue weighted by Gasteiger charge is 2.33. The van der Waals surface area contributed by atoms with Gasteiger partial charge in [0.05, 0.1) is 22.6 Å². The van der Waals surface area contributed by atoms with Crippen LogP contribution in [0.2, 0.25) is 0 Å². The first-order chi connectivity index (χ1) is 8.34. The van der Waals surface area contributed by atoms with Gasteiger partial charge in [0.1, 0.15) is 5.69 Å². The third-order valence-corrected chi connectivity index (χ3v) is 2.94. The Labute approximate surface area is 108 Å². The zero-order chi connectivity index (χ0) is 13.5. The van der Waals surface area contributed by atoms with Crippen LogP contribution in [0.5, 0.6) is 0 Å². The highest BCUT2D eigenvalue weighted by molar-refractivity contribution is 9.09. The maximum absolute atomic E-state index is 12.5. The lowest BCUT2D eigenvalue weighted by Gasteiger charge is -2.04. The molecule has 2 aromatic heterocycles. The quantitative estimate of drug-likeness (QED) is 0.631. The van der Waals surface area contributed by atoms with E-state index in [9.17, 15) is 18.0 Å². The normalized spacial score (nSPS) is 12.1. The van der Waals surface area contributed by atoms with Crippen LogP contribution >= 0.6 is 15.9 Å². The minimum absolute atomic E-state index is 0.0592. The number of imidazole rings is 1. The first kappa shape index (κ1) is 13.0.